The summed E-state index contributed by atoms with van der Waals surface area (Å²) in [6, 6.07) is 9.68. The van der Waals surface area contributed by atoms with Gasteiger partial charge < -0.3 is 24.7 Å². The van der Waals surface area contributed by atoms with Gasteiger partial charge in [0.15, 0.2) is 0 Å². The Morgan fingerprint density at radius 3 is 2.94 bits per heavy atom. The van der Waals surface area contributed by atoms with Crippen molar-refractivity contribution >= 4 is 11.6 Å². The fourth-order valence-electron chi connectivity index (χ4n) is 4.36. The molecule has 0 radical (unpaired) electrons. The van der Waals surface area contributed by atoms with Crippen LogP contribution in [0.1, 0.15) is 33.6 Å². The molecule has 2 N–H and O–H groups in total. The van der Waals surface area contributed by atoms with Crippen LogP contribution >= 0.6 is 0 Å². The van der Waals surface area contributed by atoms with E-state index in [4.69, 9.17) is 9.47 Å². The molecule has 0 aliphatic carbocycles. The van der Waals surface area contributed by atoms with Crippen LogP contribution in [0.25, 0.3) is 0 Å². The van der Waals surface area contributed by atoms with Crippen LogP contribution in [0.3, 0.4) is 0 Å². The van der Waals surface area contributed by atoms with E-state index in [0.717, 1.165) is 30.6 Å². The summed E-state index contributed by atoms with van der Waals surface area (Å²) in [6.45, 7) is 4.56. The summed E-state index contributed by atoms with van der Waals surface area (Å²) in [7, 11) is 4.07. The number of H-pyrrole nitrogens is 1. The predicted molar refractivity (Wildman–Crippen MR) is 123 cm³/mol. The zero-order valence-corrected chi connectivity index (χ0v) is 18.9. The monoisotopic (exact) mass is 440 g/mol. The third kappa shape index (κ3) is 5.56. The van der Waals surface area contributed by atoms with Gasteiger partial charge in [0.25, 0.3) is 11.5 Å². The smallest absolute Gasteiger partial charge is 0.261 e. The Morgan fingerprint density at radius 1 is 1.28 bits per heavy atom. The number of nitrogens with zero attached hydrogens (tertiary/aromatic N) is 2. The van der Waals surface area contributed by atoms with Gasteiger partial charge in [-0.1, -0.05) is 12.1 Å². The SMILES string of the molecule is CN(Cc1ccc(C(=O)NCc2ccc3c(c2)CCCN3C)c(=O)[nH]1)CC1COCCO1. The van der Waals surface area contributed by atoms with Crippen molar-refractivity contribution in [3.8, 4) is 0 Å². The second-order valence-electron chi connectivity index (χ2n) is 8.66. The number of aryl methyl sites for hydroxylation is 1. The van der Waals surface area contributed by atoms with E-state index in [9.17, 15) is 9.59 Å². The highest BCUT2D eigenvalue weighted by Gasteiger charge is 2.18. The van der Waals surface area contributed by atoms with E-state index in [1.54, 1.807) is 12.1 Å². The molecule has 1 unspecified atom stereocenters. The first kappa shape index (κ1) is 22.5. The standard InChI is InChI=1S/C24H32N4O4/c1-27(15-20-16-31-10-11-32-20)14-19-6-7-21(24(30)26-19)23(29)25-13-17-5-8-22-18(12-17)4-3-9-28(22)2/h5-8,12,20H,3-4,9-11,13-16H2,1-2H3,(H,25,29)(H,26,30). The number of hydrogen-bond acceptors (Lipinski definition) is 6. The fourth-order valence-corrected chi connectivity index (χ4v) is 4.36. The van der Waals surface area contributed by atoms with Gasteiger partial charge in [0.1, 0.15) is 5.56 Å². The molecule has 1 aromatic carbocycles. The second-order valence-corrected chi connectivity index (χ2v) is 8.66. The molecule has 32 heavy (non-hydrogen) atoms. The zero-order valence-electron chi connectivity index (χ0n) is 18.9. The number of pyridine rings is 1. The summed E-state index contributed by atoms with van der Waals surface area (Å²) < 4.78 is 11.1. The summed E-state index contributed by atoms with van der Waals surface area (Å²) in [5, 5.41) is 2.88. The number of anilines is 1. The van der Waals surface area contributed by atoms with Crippen molar-refractivity contribution in [2.45, 2.75) is 32.0 Å². The molecular formula is C24H32N4O4. The average molecular weight is 441 g/mol. The molecule has 172 valence electrons. The summed E-state index contributed by atoms with van der Waals surface area (Å²) >= 11 is 0. The number of rotatable bonds is 7. The first-order valence-corrected chi connectivity index (χ1v) is 11.2. The Kier molecular flexibility index (Phi) is 7.24. The molecule has 0 saturated carbocycles. The van der Waals surface area contributed by atoms with Gasteiger partial charge in [-0.2, -0.15) is 0 Å². The van der Waals surface area contributed by atoms with Gasteiger partial charge in [-0.25, -0.2) is 0 Å². The maximum Gasteiger partial charge on any atom is 0.261 e. The molecule has 0 spiro atoms. The topological polar surface area (TPSA) is 86.9 Å². The molecule has 8 heteroatoms. The number of fused-ring (bicyclic) bond motifs is 1. The number of benzene rings is 1. The van der Waals surface area contributed by atoms with Gasteiger partial charge in [0.2, 0.25) is 0 Å². The van der Waals surface area contributed by atoms with Crippen LogP contribution in [0.2, 0.25) is 0 Å². The van der Waals surface area contributed by atoms with Crippen molar-refractivity contribution < 1.29 is 14.3 Å². The van der Waals surface area contributed by atoms with E-state index in [1.165, 1.54) is 11.3 Å². The van der Waals surface area contributed by atoms with Crippen molar-refractivity contribution in [1.29, 1.82) is 0 Å². The molecule has 1 amide bonds. The number of carbonyl (C=O) groups is 1. The lowest BCUT2D eigenvalue weighted by atomic mass is 9.99. The molecule has 3 heterocycles. The maximum absolute atomic E-state index is 12.6. The number of nitrogens with one attached hydrogen (secondary N) is 2. The molecule has 1 aromatic heterocycles. The van der Waals surface area contributed by atoms with Crippen LogP contribution in [-0.2, 0) is 29.0 Å². The average Bonchev–Trinajstić information content (AvgIpc) is 2.78. The lowest BCUT2D eigenvalue weighted by molar-refractivity contribution is -0.0963. The fraction of sp³-hybridized carbons (Fsp3) is 0.500. The van der Waals surface area contributed by atoms with Crippen LogP contribution in [-0.4, -0.2) is 68.9 Å². The lowest BCUT2D eigenvalue weighted by Crippen LogP contribution is -2.38. The minimum Gasteiger partial charge on any atom is -0.376 e. The minimum absolute atomic E-state index is 0.0366. The van der Waals surface area contributed by atoms with Crippen molar-refractivity contribution in [2.24, 2.45) is 0 Å². The maximum atomic E-state index is 12.6. The quantitative estimate of drug-likeness (QED) is 0.679. The van der Waals surface area contributed by atoms with E-state index >= 15 is 0 Å². The summed E-state index contributed by atoms with van der Waals surface area (Å²) in [5.74, 6) is -0.367. The number of likely N-dealkylation sites (N-methyl/N-ethyl adjacent to an activating group) is 1. The number of carbonyl (C=O) groups excluding carboxylic acids is 1. The highest BCUT2D eigenvalue weighted by Crippen LogP contribution is 2.26. The molecule has 8 nitrogen and oxygen atoms in total. The molecular weight excluding hydrogens is 408 g/mol. The third-order valence-electron chi connectivity index (χ3n) is 6.00. The van der Waals surface area contributed by atoms with Gasteiger partial charge in [-0.3, -0.25) is 14.5 Å². The van der Waals surface area contributed by atoms with Crippen molar-refractivity contribution in [2.75, 3.05) is 51.9 Å². The van der Waals surface area contributed by atoms with Crippen molar-refractivity contribution in [3.05, 3.63) is 63.1 Å². The second kappa shape index (κ2) is 10.3. The van der Waals surface area contributed by atoms with Crippen LogP contribution in [0.4, 0.5) is 5.69 Å². The van der Waals surface area contributed by atoms with Crippen LogP contribution in [0, 0.1) is 0 Å². The molecule has 1 atom stereocenters. The molecule has 2 aliphatic rings. The van der Waals surface area contributed by atoms with Gasteiger partial charge in [0, 0.05) is 44.6 Å². The number of hydrogen-bond donors (Lipinski definition) is 2. The van der Waals surface area contributed by atoms with Crippen molar-refractivity contribution in [1.82, 2.24) is 15.2 Å². The van der Waals surface area contributed by atoms with E-state index in [2.05, 4.69) is 39.3 Å². The first-order valence-electron chi connectivity index (χ1n) is 11.2. The van der Waals surface area contributed by atoms with Crippen LogP contribution in [0.15, 0.2) is 35.1 Å². The first-order chi connectivity index (χ1) is 15.5. The Labute approximate surface area is 188 Å². The molecule has 1 fully saturated rings. The highest BCUT2D eigenvalue weighted by atomic mass is 16.6. The Hall–Kier alpha value is -2.68. The van der Waals surface area contributed by atoms with Crippen LogP contribution in [0.5, 0.6) is 0 Å². The summed E-state index contributed by atoms with van der Waals surface area (Å²) in [6.07, 6.45) is 2.23. The van der Waals surface area contributed by atoms with Gasteiger partial charge in [-0.15, -0.1) is 0 Å². The minimum atomic E-state index is -0.377. The molecule has 1 saturated heterocycles. The van der Waals surface area contributed by atoms with Gasteiger partial charge >= 0.3 is 0 Å². The number of aromatic amines is 1. The Bertz CT molecular complexity index is 1000. The number of ether oxygens (including phenoxy) is 2. The number of aromatic nitrogens is 1. The molecule has 4 rings (SSSR count). The summed E-state index contributed by atoms with van der Waals surface area (Å²) in [4.78, 5) is 32.3. The Morgan fingerprint density at radius 2 is 2.16 bits per heavy atom. The van der Waals surface area contributed by atoms with Crippen LogP contribution < -0.4 is 15.8 Å². The van der Waals surface area contributed by atoms with E-state index in [1.807, 2.05) is 13.1 Å². The third-order valence-corrected chi connectivity index (χ3v) is 6.00. The molecule has 2 aliphatic heterocycles. The van der Waals surface area contributed by atoms with Gasteiger partial charge in [0.05, 0.1) is 25.9 Å². The van der Waals surface area contributed by atoms with E-state index in [-0.39, 0.29) is 23.1 Å². The highest BCUT2D eigenvalue weighted by molar-refractivity contribution is 5.93. The molecule has 0 bridgehead atoms. The number of amides is 1. The van der Waals surface area contributed by atoms with Gasteiger partial charge in [-0.05, 0) is 49.2 Å². The van der Waals surface area contributed by atoms with E-state index in [0.29, 0.717) is 39.5 Å². The lowest BCUT2D eigenvalue weighted by Gasteiger charge is -2.27. The van der Waals surface area contributed by atoms with Crippen molar-refractivity contribution in [3.63, 3.8) is 0 Å². The molecule has 2 aromatic rings. The van der Waals surface area contributed by atoms with E-state index < -0.39 is 0 Å². The summed E-state index contributed by atoms with van der Waals surface area (Å²) in [5.41, 5.74) is 4.10. The normalized spacial score (nSPS) is 18.5. The Balaban J connectivity index is 1.32. The predicted octanol–water partition coefficient (Wildman–Crippen LogP) is 1.53. The zero-order chi connectivity index (χ0) is 22.5. The largest absolute Gasteiger partial charge is 0.376 e.